The maximum absolute atomic E-state index is 13.1. The van der Waals surface area contributed by atoms with Crippen LogP contribution in [-0.4, -0.2) is 83.5 Å². The van der Waals surface area contributed by atoms with Crippen molar-refractivity contribution in [3.8, 4) is 5.75 Å². The van der Waals surface area contributed by atoms with Crippen molar-refractivity contribution in [1.82, 2.24) is 20.4 Å². The molecule has 1 aromatic carbocycles. The molecule has 4 rings (SSSR count). The molecule has 1 aromatic heterocycles. The van der Waals surface area contributed by atoms with E-state index >= 15 is 0 Å². The summed E-state index contributed by atoms with van der Waals surface area (Å²) in [5.41, 5.74) is 6.37. The number of nitrogens with two attached hydrogens (primary N) is 1. The number of halogens is 3. The van der Waals surface area contributed by atoms with Crippen LogP contribution in [0.25, 0.3) is 0 Å². The Labute approximate surface area is 251 Å². The molecule has 2 amide bonds. The maximum atomic E-state index is 13.1. The average Bonchev–Trinajstić information content (AvgIpc) is 3.34. The van der Waals surface area contributed by atoms with Gasteiger partial charge in [0.05, 0.1) is 5.75 Å². The third-order valence-electron chi connectivity index (χ3n) is 5.94. The van der Waals surface area contributed by atoms with E-state index in [2.05, 4.69) is 20.3 Å². The van der Waals surface area contributed by atoms with Gasteiger partial charge in [0, 0.05) is 34.1 Å². The molecule has 19 heteroatoms. The van der Waals surface area contributed by atoms with E-state index in [9.17, 15) is 41.7 Å². The van der Waals surface area contributed by atoms with Crippen molar-refractivity contribution >= 4 is 69.4 Å². The number of carbonyl (C=O) groups is 4. The summed E-state index contributed by atoms with van der Waals surface area (Å²) in [5.74, 6) is -5.98. The second kappa shape index (κ2) is 12.7. The molecule has 0 bridgehead atoms. The third-order valence-corrected chi connectivity index (χ3v) is 10.1. The van der Waals surface area contributed by atoms with E-state index in [-0.39, 0.29) is 34.1 Å². The van der Waals surface area contributed by atoms with Crippen molar-refractivity contribution in [3.05, 3.63) is 45.6 Å². The number of phenolic OH excluding ortho intramolecular Hbond substituents is 1. The zero-order chi connectivity index (χ0) is 30.9. The van der Waals surface area contributed by atoms with Crippen LogP contribution in [0.15, 0.2) is 33.8 Å². The van der Waals surface area contributed by atoms with Gasteiger partial charge in [-0.15, -0.1) is 22.0 Å². The largest absolute Gasteiger partial charge is 0.508 e. The molecule has 12 nitrogen and oxygen atoms in total. The zero-order valence-electron chi connectivity index (χ0n) is 21.7. The van der Waals surface area contributed by atoms with Crippen molar-refractivity contribution < 1.29 is 46.4 Å². The molecule has 4 N–H and O–H groups in total. The predicted molar refractivity (Wildman–Crippen MR) is 147 cm³/mol. The molecule has 42 heavy (non-hydrogen) atoms. The molecule has 0 radical (unpaired) electrons. The number of aromatic nitrogens is 2. The minimum atomic E-state index is -5.44. The number of ether oxygens (including phenoxy) is 1. The Balaban J connectivity index is 1.52. The van der Waals surface area contributed by atoms with Gasteiger partial charge in [-0.1, -0.05) is 29.2 Å². The number of esters is 2. The number of thioether (sulfide) groups is 2. The van der Waals surface area contributed by atoms with Crippen LogP contribution >= 0.6 is 34.9 Å². The fraction of sp³-hybridized carbons (Fsp3) is 0.391. The second-order valence-electron chi connectivity index (χ2n) is 8.98. The van der Waals surface area contributed by atoms with Crippen LogP contribution in [0.5, 0.6) is 5.75 Å². The van der Waals surface area contributed by atoms with E-state index in [1.165, 1.54) is 35.8 Å². The smallest absolute Gasteiger partial charge is 0.491 e. The Morgan fingerprint density at radius 1 is 1.33 bits per heavy atom. The number of fused-ring (bicyclic) bond motifs is 1. The van der Waals surface area contributed by atoms with Gasteiger partial charge in [-0.3, -0.25) is 18.7 Å². The Hall–Kier alpha value is -3.00. The second-order valence-corrected chi connectivity index (χ2v) is 13.9. The Morgan fingerprint density at radius 3 is 2.67 bits per heavy atom. The molecule has 2 aromatic rings. The fourth-order valence-corrected chi connectivity index (χ4v) is 7.96. The summed E-state index contributed by atoms with van der Waals surface area (Å²) in [6.07, 6.45) is -4.00. The molecule has 4 atom stereocenters. The lowest BCUT2D eigenvalue weighted by Crippen LogP contribution is -2.71. The number of alkyl halides is 3. The quantitative estimate of drug-likeness (QED) is 0.152. The number of benzene rings is 1. The van der Waals surface area contributed by atoms with Crippen molar-refractivity contribution in [3.63, 3.8) is 0 Å². The van der Waals surface area contributed by atoms with Gasteiger partial charge < -0.3 is 20.9 Å². The molecule has 0 spiro atoms. The van der Waals surface area contributed by atoms with Crippen molar-refractivity contribution in [1.29, 1.82) is 0 Å². The first-order chi connectivity index (χ1) is 19.7. The van der Waals surface area contributed by atoms with Crippen LogP contribution < -0.4 is 11.1 Å². The summed E-state index contributed by atoms with van der Waals surface area (Å²) in [7, 11) is -1.29. The monoisotopic (exact) mass is 665 g/mol. The lowest BCUT2D eigenvalue weighted by Gasteiger charge is -2.49. The van der Waals surface area contributed by atoms with E-state index in [4.69, 9.17) is 5.73 Å². The van der Waals surface area contributed by atoms with E-state index in [1.807, 2.05) is 0 Å². The number of β-lactam (4-membered cyclic amide) rings is 1. The van der Waals surface area contributed by atoms with Gasteiger partial charge in [-0.05, 0) is 30.2 Å². The van der Waals surface area contributed by atoms with Gasteiger partial charge in [-0.2, -0.15) is 13.2 Å². The topological polar surface area (TPSA) is 182 Å². The van der Waals surface area contributed by atoms with Gasteiger partial charge >= 0.3 is 18.1 Å². The van der Waals surface area contributed by atoms with Gasteiger partial charge in [0.25, 0.3) is 5.91 Å². The summed E-state index contributed by atoms with van der Waals surface area (Å²) < 4.78 is 54.6. The number of hydrogen-bond donors (Lipinski definition) is 3. The maximum Gasteiger partial charge on any atom is 0.491 e. The summed E-state index contributed by atoms with van der Waals surface area (Å²) in [5, 5.41) is 20.1. The molecule has 2 aliphatic rings. The number of phenols is 1. The summed E-state index contributed by atoms with van der Waals surface area (Å²) in [4.78, 5) is 51.2. The number of amides is 2. The summed E-state index contributed by atoms with van der Waals surface area (Å²) in [6.45, 7) is 1.72. The Bertz CT molecular complexity index is 1500. The first-order valence-electron chi connectivity index (χ1n) is 11.8. The fourth-order valence-electron chi connectivity index (χ4n) is 3.99. The third kappa shape index (κ3) is 6.96. The molecule has 1 saturated heterocycles. The molecular formula is C23H22F3N5O7S4. The van der Waals surface area contributed by atoms with Crippen molar-refractivity contribution in [2.75, 3.05) is 17.8 Å². The normalized spacial score (nSPS) is 20.0. The predicted octanol–water partition coefficient (Wildman–Crippen LogP) is 1.51. The molecule has 2 aliphatic heterocycles. The Kier molecular flexibility index (Phi) is 9.65. The van der Waals surface area contributed by atoms with Gasteiger partial charge in [0.2, 0.25) is 5.91 Å². The molecule has 1 fully saturated rings. The van der Waals surface area contributed by atoms with Gasteiger partial charge in [-0.25, -0.2) is 9.59 Å². The van der Waals surface area contributed by atoms with Gasteiger partial charge in [0.15, 0.2) is 4.34 Å². The standard InChI is InChI=1S/C23H22F3N5O7S4/c1-9-29-30-22(41-9)40-7-12-6-39-19-15(18(34)31(19)16(12)20(35)38-21(36)23(24,25)26)28-17(33)14(27)10-3-4-13(32)11(5-10)8-42(2)37/h3-5,14-15,19,32H,6-8,27H2,1-2H3,(H,28,33). The van der Waals surface area contributed by atoms with E-state index in [0.29, 0.717) is 14.9 Å². The Morgan fingerprint density at radius 2 is 2.05 bits per heavy atom. The van der Waals surface area contributed by atoms with E-state index in [1.54, 1.807) is 6.92 Å². The SMILES string of the molecule is Cc1nnc(SCC2=C(C(=O)OC(=O)C(F)(F)F)N3C(=O)C(NC(=O)C(N)c4ccc(O)c(CS(C)=O)c4)C3SC2)s1. The molecular weight excluding hydrogens is 644 g/mol. The van der Waals surface area contributed by atoms with Crippen LogP contribution in [0.1, 0.15) is 22.2 Å². The van der Waals surface area contributed by atoms with Crippen LogP contribution in [0, 0.1) is 6.92 Å². The van der Waals surface area contributed by atoms with E-state index < -0.39 is 63.9 Å². The lowest BCUT2D eigenvalue weighted by atomic mass is 10.0. The number of rotatable bonds is 9. The number of carbonyl (C=O) groups excluding carboxylic acids is 4. The first-order valence-corrected chi connectivity index (χ1v) is 16.4. The number of aromatic hydroxyl groups is 1. The van der Waals surface area contributed by atoms with Crippen LogP contribution in [-0.2, 0) is 40.5 Å². The van der Waals surface area contributed by atoms with Crippen LogP contribution in [0.4, 0.5) is 13.2 Å². The number of nitrogens with one attached hydrogen (secondary N) is 1. The number of hydrogen-bond acceptors (Lipinski definition) is 13. The van der Waals surface area contributed by atoms with Crippen molar-refractivity contribution in [2.45, 2.75) is 40.7 Å². The molecule has 226 valence electrons. The average molecular weight is 666 g/mol. The summed E-state index contributed by atoms with van der Waals surface area (Å²) in [6, 6.07) is 1.63. The summed E-state index contributed by atoms with van der Waals surface area (Å²) >= 11 is 3.53. The number of aryl methyl sites for hydroxylation is 1. The minimum Gasteiger partial charge on any atom is -0.508 e. The molecule has 0 aliphatic carbocycles. The highest BCUT2D eigenvalue weighted by molar-refractivity contribution is 8.01. The first kappa shape index (κ1) is 31.9. The minimum absolute atomic E-state index is 0.0180. The molecule has 4 unspecified atom stereocenters. The van der Waals surface area contributed by atoms with Crippen LogP contribution in [0.2, 0.25) is 0 Å². The van der Waals surface area contributed by atoms with Gasteiger partial charge in [0.1, 0.15) is 33.9 Å². The van der Waals surface area contributed by atoms with E-state index in [0.717, 1.165) is 28.4 Å². The highest BCUT2D eigenvalue weighted by Gasteiger charge is 2.55. The lowest BCUT2D eigenvalue weighted by molar-refractivity contribution is -0.201. The van der Waals surface area contributed by atoms with Crippen LogP contribution in [0.3, 0.4) is 0 Å². The highest BCUT2D eigenvalue weighted by Crippen LogP contribution is 2.42. The zero-order valence-corrected chi connectivity index (χ0v) is 24.9. The highest BCUT2D eigenvalue weighted by atomic mass is 32.2. The number of nitrogens with zero attached hydrogens (tertiary/aromatic N) is 3. The van der Waals surface area contributed by atoms with Crippen molar-refractivity contribution in [2.24, 2.45) is 5.73 Å². The molecule has 3 heterocycles. The molecule has 0 saturated carbocycles.